The molecule has 0 amide bonds. The van der Waals surface area contributed by atoms with Gasteiger partial charge in [-0.1, -0.05) is 64.7 Å². The molecule has 2 heteroatoms. The highest BCUT2D eigenvalue weighted by Crippen LogP contribution is 2.12. The van der Waals surface area contributed by atoms with Crippen molar-refractivity contribution >= 4 is 15.9 Å². The van der Waals surface area contributed by atoms with Crippen LogP contribution in [0.1, 0.15) is 77.6 Å². The summed E-state index contributed by atoms with van der Waals surface area (Å²) < 4.78 is 1.11. The lowest BCUT2D eigenvalue weighted by Crippen LogP contribution is -2.38. The van der Waals surface area contributed by atoms with E-state index in [2.05, 4.69) is 36.9 Å². The predicted molar refractivity (Wildman–Crippen MR) is 87.2 cm³/mol. The maximum absolute atomic E-state index is 3.57. The number of alkyl halides is 1. The SMILES string of the molecule is CCCCCCCCCCCCC[N+](C)(C)CBr. The molecule has 0 aromatic heterocycles. The van der Waals surface area contributed by atoms with Crippen molar-refractivity contribution in [1.82, 2.24) is 0 Å². The normalized spacial score (nSPS) is 12.0. The van der Waals surface area contributed by atoms with Crippen molar-refractivity contribution in [2.45, 2.75) is 77.6 Å². The number of rotatable bonds is 13. The van der Waals surface area contributed by atoms with Crippen LogP contribution >= 0.6 is 15.9 Å². The number of hydrogen-bond acceptors (Lipinski definition) is 0. The van der Waals surface area contributed by atoms with E-state index in [-0.39, 0.29) is 0 Å². The minimum atomic E-state index is 1.07. The summed E-state index contributed by atoms with van der Waals surface area (Å²) in [5.41, 5.74) is 1.07. The molecule has 0 saturated heterocycles. The molecule has 110 valence electrons. The average molecular weight is 321 g/mol. The Hall–Kier alpha value is 0.440. The molecule has 0 aromatic carbocycles. The standard InChI is InChI=1S/C16H35BrN/c1-4-5-6-7-8-9-10-11-12-13-14-15-18(2,3)16-17/h4-16H2,1-3H3/q+1. The van der Waals surface area contributed by atoms with Crippen LogP contribution in [0.2, 0.25) is 0 Å². The molecule has 0 aliphatic carbocycles. The first-order chi connectivity index (χ1) is 8.62. The van der Waals surface area contributed by atoms with Gasteiger partial charge >= 0.3 is 0 Å². The van der Waals surface area contributed by atoms with Gasteiger partial charge in [0.25, 0.3) is 0 Å². The number of unbranched alkanes of at least 4 members (excludes halogenated alkanes) is 10. The summed E-state index contributed by atoms with van der Waals surface area (Å²) in [6, 6.07) is 0. The second-order valence-corrected chi connectivity index (χ2v) is 6.82. The van der Waals surface area contributed by atoms with Crippen LogP contribution in [-0.2, 0) is 0 Å². The first-order valence-electron chi connectivity index (χ1n) is 8.00. The fraction of sp³-hybridized carbons (Fsp3) is 1.00. The molecule has 0 unspecified atom stereocenters. The molecule has 0 aliphatic heterocycles. The summed E-state index contributed by atoms with van der Waals surface area (Å²) in [6.07, 6.45) is 15.8. The molecule has 1 nitrogen and oxygen atoms in total. The Labute approximate surface area is 124 Å². The monoisotopic (exact) mass is 320 g/mol. The molecular weight excluding hydrogens is 286 g/mol. The molecule has 0 aromatic rings. The van der Waals surface area contributed by atoms with E-state index in [9.17, 15) is 0 Å². The third-order valence-electron chi connectivity index (χ3n) is 3.69. The molecule has 0 saturated carbocycles. The second-order valence-electron chi connectivity index (χ2n) is 6.31. The molecule has 0 N–H and O–H groups in total. The Kier molecular flexibility index (Phi) is 12.8. The van der Waals surface area contributed by atoms with Crippen molar-refractivity contribution in [1.29, 1.82) is 0 Å². The fourth-order valence-electron chi connectivity index (χ4n) is 2.26. The van der Waals surface area contributed by atoms with Crippen LogP contribution in [0.5, 0.6) is 0 Å². The molecule has 0 rings (SSSR count). The van der Waals surface area contributed by atoms with Crippen LogP contribution in [0.4, 0.5) is 0 Å². The Morgan fingerprint density at radius 3 is 1.44 bits per heavy atom. The quantitative estimate of drug-likeness (QED) is 0.176. The number of quaternary nitrogens is 1. The lowest BCUT2D eigenvalue weighted by atomic mass is 10.1. The second kappa shape index (κ2) is 12.5. The van der Waals surface area contributed by atoms with Gasteiger partial charge in [0.05, 0.1) is 20.6 Å². The molecular formula is C16H35BrN+. The Morgan fingerprint density at radius 1 is 0.667 bits per heavy atom. The summed E-state index contributed by atoms with van der Waals surface area (Å²) in [6.45, 7) is 3.60. The van der Waals surface area contributed by atoms with Crippen LogP contribution in [0.25, 0.3) is 0 Å². The van der Waals surface area contributed by atoms with Gasteiger partial charge in [0, 0.05) is 0 Å². The number of nitrogens with zero attached hydrogens (tertiary/aromatic N) is 1. The van der Waals surface area contributed by atoms with Gasteiger partial charge in [-0.3, -0.25) is 0 Å². The molecule has 0 fully saturated rings. The van der Waals surface area contributed by atoms with Gasteiger partial charge in [-0.2, -0.15) is 0 Å². The summed E-state index contributed by atoms with van der Waals surface area (Å²) in [5, 5.41) is 0. The van der Waals surface area contributed by atoms with Crippen molar-refractivity contribution in [3.05, 3.63) is 0 Å². The highest BCUT2D eigenvalue weighted by atomic mass is 79.9. The minimum absolute atomic E-state index is 1.07. The first kappa shape index (κ1) is 18.4. The van der Waals surface area contributed by atoms with Gasteiger partial charge in [-0.15, -0.1) is 0 Å². The summed E-state index contributed by atoms with van der Waals surface area (Å²) in [5.74, 6) is 0. The van der Waals surface area contributed by atoms with Gasteiger partial charge < -0.3 is 4.48 Å². The minimum Gasteiger partial charge on any atom is -0.320 e. The van der Waals surface area contributed by atoms with Crippen molar-refractivity contribution in [2.75, 3.05) is 26.1 Å². The lowest BCUT2D eigenvalue weighted by Gasteiger charge is -2.26. The van der Waals surface area contributed by atoms with Crippen molar-refractivity contribution in [3.8, 4) is 0 Å². The highest BCUT2D eigenvalue weighted by Gasteiger charge is 2.10. The van der Waals surface area contributed by atoms with Crippen LogP contribution in [0.3, 0.4) is 0 Å². The Morgan fingerprint density at radius 2 is 1.06 bits per heavy atom. The van der Waals surface area contributed by atoms with E-state index in [4.69, 9.17) is 0 Å². The maximum Gasteiger partial charge on any atom is 0.133 e. The van der Waals surface area contributed by atoms with E-state index in [0.717, 1.165) is 9.94 Å². The summed E-state index contributed by atoms with van der Waals surface area (Å²) in [7, 11) is 4.59. The van der Waals surface area contributed by atoms with Crippen LogP contribution in [-0.4, -0.2) is 30.6 Å². The topological polar surface area (TPSA) is 0 Å². The molecule has 0 spiro atoms. The van der Waals surface area contributed by atoms with Gasteiger partial charge in [0.15, 0.2) is 0 Å². The van der Waals surface area contributed by atoms with Crippen molar-refractivity contribution in [3.63, 3.8) is 0 Å². The van der Waals surface area contributed by atoms with Crippen molar-refractivity contribution in [2.24, 2.45) is 0 Å². The number of halogens is 1. The third-order valence-corrected chi connectivity index (χ3v) is 5.05. The van der Waals surface area contributed by atoms with Gasteiger partial charge in [-0.05, 0) is 28.8 Å². The molecule has 18 heavy (non-hydrogen) atoms. The fourth-order valence-corrected chi connectivity index (χ4v) is 2.51. The lowest BCUT2D eigenvalue weighted by molar-refractivity contribution is -0.876. The molecule has 0 atom stereocenters. The zero-order valence-corrected chi connectivity index (χ0v) is 14.6. The van der Waals surface area contributed by atoms with Crippen LogP contribution < -0.4 is 0 Å². The zero-order chi connectivity index (χ0) is 13.7. The van der Waals surface area contributed by atoms with E-state index in [1.807, 2.05) is 0 Å². The molecule has 0 bridgehead atoms. The first-order valence-corrected chi connectivity index (χ1v) is 9.12. The molecule has 0 aliphatic rings. The van der Waals surface area contributed by atoms with E-state index < -0.39 is 0 Å². The highest BCUT2D eigenvalue weighted by molar-refractivity contribution is 9.09. The predicted octanol–water partition coefficient (Wildman–Crippen LogP) is 5.73. The molecule has 0 radical (unpaired) electrons. The van der Waals surface area contributed by atoms with Gasteiger partial charge in [0.2, 0.25) is 0 Å². The zero-order valence-electron chi connectivity index (χ0n) is 13.0. The largest absolute Gasteiger partial charge is 0.320 e. The summed E-state index contributed by atoms with van der Waals surface area (Å²) >= 11 is 3.57. The van der Waals surface area contributed by atoms with E-state index >= 15 is 0 Å². The van der Waals surface area contributed by atoms with Crippen LogP contribution in [0.15, 0.2) is 0 Å². The Bertz CT molecular complexity index is 168. The van der Waals surface area contributed by atoms with Gasteiger partial charge in [-0.25, -0.2) is 0 Å². The average Bonchev–Trinajstić information content (AvgIpc) is 2.36. The van der Waals surface area contributed by atoms with Crippen molar-refractivity contribution < 1.29 is 4.48 Å². The summed E-state index contributed by atoms with van der Waals surface area (Å²) in [4.78, 5) is 0. The smallest absolute Gasteiger partial charge is 0.133 e. The van der Waals surface area contributed by atoms with Crippen LogP contribution in [0, 0.1) is 0 Å². The maximum atomic E-state index is 3.57. The third kappa shape index (κ3) is 12.9. The van der Waals surface area contributed by atoms with E-state index in [0.29, 0.717) is 0 Å². The Balaban J connectivity index is 3.08. The molecule has 0 heterocycles. The van der Waals surface area contributed by atoms with E-state index in [1.165, 1.54) is 77.2 Å². The number of hydrogen-bond donors (Lipinski definition) is 0. The van der Waals surface area contributed by atoms with E-state index in [1.54, 1.807) is 0 Å². The van der Waals surface area contributed by atoms with Gasteiger partial charge in [0.1, 0.15) is 5.45 Å².